The Hall–Kier alpha value is -7.28. The van der Waals surface area contributed by atoms with Crippen LogP contribution in [0.3, 0.4) is 0 Å². The molecular formula is C49H56Cl2N12O13S4. The molecule has 428 valence electrons. The number of sulfone groups is 2. The van der Waals surface area contributed by atoms with Crippen LogP contribution < -0.4 is 28.4 Å². The molecule has 2 atom stereocenters. The van der Waals surface area contributed by atoms with Gasteiger partial charge in [0.05, 0.1) is 55.4 Å². The first-order valence-corrected chi connectivity index (χ1v) is 31.6. The van der Waals surface area contributed by atoms with Crippen LogP contribution >= 0.6 is 23.2 Å². The van der Waals surface area contributed by atoms with Crippen molar-refractivity contribution in [2.75, 3.05) is 61.9 Å². The molecule has 0 spiro atoms. The highest BCUT2D eigenvalue weighted by Crippen LogP contribution is 2.41. The average molecular weight is 1220 g/mol. The van der Waals surface area contributed by atoms with Gasteiger partial charge in [0.15, 0.2) is 31.3 Å². The molecule has 8 rings (SSSR count). The van der Waals surface area contributed by atoms with Crippen molar-refractivity contribution in [1.82, 2.24) is 49.1 Å². The van der Waals surface area contributed by atoms with Gasteiger partial charge in [-0.1, -0.05) is 54.4 Å². The fourth-order valence-electron chi connectivity index (χ4n) is 8.39. The second-order valence-electron chi connectivity index (χ2n) is 17.6. The molecule has 0 bridgehead atoms. The molecule has 3 N–H and O–H groups in total. The van der Waals surface area contributed by atoms with Gasteiger partial charge in [-0.15, -0.1) is 20.4 Å². The molecule has 0 unspecified atom stereocenters. The van der Waals surface area contributed by atoms with Gasteiger partial charge >= 0.3 is 0 Å². The Morgan fingerprint density at radius 2 is 0.912 bits per heavy atom. The molecule has 0 radical (unpaired) electrons. The van der Waals surface area contributed by atoms with Gasteiger partial charge in [-0.3, -0.25) is 27.9 Å². The predicted octanol–water partition coefficient (Wildman–Crippen LogP) is 6.24. The number of rotatable bonds is 20. The maximum Gasteiger partial charge on any atom is 0.243 e. The summed E-state index contributed by atoms with van der Waals surface area (Å²) in [7, 11) is -5.70. The molecule has 4 aromatic heterocycles. The molecule has 0 fully saturated rings. The number of aryl methyl sites for hydroxylation is 2. The number of aliphatic hydroxyl groups is 1. The molecule has 0 aliphatic rings. The van der Waals surface area contributed by atoms with E-state index in [1.165, 1.54) is 86.4 Å². The van der Waals surface area contributed by atoms with E-state index in [0.29, 0.717) is 56.3 Å². The first-order valence-electron chi connectivity index (χ1n) is 23.7. The highest BCUT2D eigenvalue weighted by molar-refractivity contribution is 7.93. The van der Waals surface area contributed by atoms with Crippen molar-refractivity contribution in [2.45, 2.75) is 42.6 Å². The minimum atomic E-state index is -3.77. The summed E-state index contributed by atoms with van der Waals surface area (Å²) >= 11 is 12.1. The third-order valence-corrected chi connectivity index (χ3v) is 17.6. The Labute approximate surface area is 472 Å². The van der Waals surface area contributed by atoms with Crippen LogP contribution in [0.5, 0.6) is 23.0 Å². The standard InChI is InChI=1S/C25H29ClN6O6S2.C24H27ClN6O7S2/c1-7-40(35,36)30-25-28-27-24(32(25)23-20(37-4)9-8-10-21(23)38-5)18-14-19(31(3)29-18)15(2)17-12-11-16(26)13-22(17)39(6,33)34;1-6-40(35,36)29-24-27-26-23(31(24)21-18(37-3)8-7-9-19(21)38-4)16-13-17(30(2)28-16)22(32)15-11-10-14(25)12-20(15)39(5,33)34/h8-15H,7H2,1-6H3,(H,28,30);7-13,22,32H,6H2,1-5H3,(H,27,29)/t15-;22-/m10/s1. The van der Waals surface area contributed by atoms with Crippen molar-refractivity contribution in [3.8, 4) is 57.4 Å². The molecule has 0 aliphatic carbocycles. The summed E-state index contributed by atoms with van der Waals surface area (Å²) in [5.41, 5.74) is 2.73. The first-order chi connectivity index (χ1) is 37.6. The van der Waals surface area contributed by atoms with Crippen LogP contribution in [0.2, 0.25) is 10.0 Å². The largest absolute Gasteiger partial charge is 0.494 e. The Bertz CT molecular complexity index is 3780. The number of sulfonamides is 2. The van der Waals surface area contributed by atoms with Gasteiger partial charge < -0.3 is 24.1 Å². The van der Waals surface area contributed by atoms with Crippen molar-refractivity contribution in [2.24, 2.45) is 14.1 Å². The number of para-hydroxylation sites is 2. The lowest BCUT2D eigenvalue weighted by molar-refractivity contribution is 0.206. The van der Waals surface area contributed by atoms with Gasteiger partial charge in [0.25, 0.3) is 0 Å². The molecule has 31 heteroatoms. The maximum atomic E-state index is 12.5. The number of nitrogens with one attached hydrogen (secondary N) is 2. The minimum absolute atomic E-state index is 0.0861. The van der Waals surface area contributed by atoms with Crippen LogP contribution in [-0.4, -0.2) is 140 Å². The molecule has 4 heterocycles. The van der Waals surface area contributed by atoms with Crippen LogP contribution in [0.25, 0.3) is 34.4 Å². The lowest BCUT2D eigenvalue weighted by Gasteiger charge is -2.17. The molecular weight excluding hydrogens is 1160 g/mol. The average Bonchev–Trinajstić information content (AvgIpc) is 4.26. The van der Waals surface area contributed by atoms with Crippen LogP contribution in [0.15, 0.2) is 94.7 Å². The zero-order chi connectivity index (χ0) is 58.8. The highest BCUT2D eigenvalue weighted by Gasteiger charge is 2.31. The molecule has 80 heavy (non-hydrogen) atoms. The summed E-state index contributed by atoms with van der Waals surface area (Å²) in [6.07, 6.45) is 0.736. The summed E-state index contributed by atoms with van der Waals surface area (Å²) < 4.78 is 133. The van der Waals surface area contributed by atoms with Gasteiger partial charge in [-0.25, -0.2) is 33.7 Å². The van der Waals surface area contributed by atoms with Gasteiger partial charge in [0.1, 0.15) is 51.9 Å². The summed E-state index contributed by atoms with van der Waals surface area (Å²) in [5, 5.41) is 37.5. The molecule has 0 saturated carbocycles. The van der Waals surface area contributed by atoms with Crippen molar-refractivity contribution in [1.29, 1.82) is 0 Å². The van der Waals surface area contributed by atoms with E-state index in [1.807, 2.05) is 6.92 Å². The molecule has 0 saturated heterocycles. The van der Waals surface area contributed by atoms with E-state index in [4.69, 9.17) is 42.1 Å². The zero-order valence-electron chi connectivity index (χ0n) is 44.9. The molecule has 0 aliphatic heterocycles. The number of nitrogens with zero attached hydrogens (tertiary/aromatic N) is 10. The van der Waals surface area contributed by atoms with E-state index >= 15 is 0 Å². The number of methoxy groups -OCH3 is 4. The first kappa shape index (κ1) is 60.4. The van der Waals surface area contributed by atoms with E-state index in [1.54, 1.807) is 73.4 Å². The smallest absolute Gasteiger partial charge is 0.243 e. The number of halogens is 2. The van der Waals surface area contributed by atoms with Gasteiger partial charge in [0, 0.05) is 53.8 Å². The molecule has 0 amide bonds. The minimum Gasteiger partial charge on any atom is -0.494 e. The number of aromatic nitrogens is 10. The Balaban J connectivity index is 0.000000231. The number of aliphatic hydroxyl groups excluding tert-OH is 1. The Morgan fingerprint density at radius 3 is 1.29 bits per heavy atom. The van der Waals surface area contributed by atoms with E-state index in [0.717, 1.165) is 12.5 Å². The van der Waals surface area contributed by atoms with Crippen LogP contribution in [0.4, 0.5) is 11.9 Å². The summed E-state index contributed by atoms with van der Waals surface area (Å²) in [6.45, 7) is 4.83. The highest BCUT2D eigenvalue weighted by atomic mass is 35.5. The second-order valence-corrected chi connectivity index (χ2v) is 26.5. The zero-order valence-corrected chi connectivity index (χ0v) is 49.6. The van der Waals surface area contributed by atoms with E-state index in [2.05, 4.69) is 40.0 Å². The quantitative estimate of drug-likeness (QED) is 0.0760. The van der Waals surface area contributed by atoms with Gasteiger partial charge in [0.2, 0.25) is 31.9 Å². The van der Waals surface area contributed by atoms with Gasteiger partial charge in [-0.05, 0) is 80.1 Å². The van der Waals surface area contributed by atoms with Crippen LogP contribution in [0, 0.1) is 0 Å². The third kappa shape index (κ3) is 12.7. The fourth-order valence-corrected chi connectivity index (χ4v) is 11.9. The number of ether oxygens (including phenoxy) is 4. The Morgan fingerprint density at radius 1 is 0.550 bits per heavy atom. The number of hydrogen-bond acceptors (Lipinski definition) is 19. The van der Waals surface area contributed by atoms with E-state index in [9.17, 15) is 38.8 Å². The van der Waals surface area contributed by atoms with Gasteiger partial charge in [-0.2, -0.15) is 10.2 Å². The lowest BCUT2D eigenvalue weighted by atomic mass is 9.97. The topological polar surface area (TPSA) is 315 Å². The van der Waals surface area contributed by atoms with Crippen LogP contribution in [0.1, 0.15) is 55.3 Å². The van der Waals surface area contributed by atoms with Crippen molar-refractivity contribution < 1.29 is 57.7 Å². The normalized spacial score (nSPS) is 12.8. The monoisotopic (exact) mass is 1220 g/mol. The number of benzene rings is 4. The lowest BCUT2D eigenvalue weighted by Crippen LogP contribution is -2.18. The van der Waals surface area contributed by atoms with E-state index in [-0.39, 0.29) is 66.8 Å². The maximum absolute atomic E-state index is 12.5. The summed E-state index contributed by atoms with van der Waals surface area (Å²) in [4.78, 5) is -0.0122. The van der Waals surface area contributed by atoms with E-state index < -0.39 is 51.7 Å². The third-order valence-electron chi connectivity index (χ3n) is 12.4. The summed E-state index contributed by atoms with van der Waals surface area (Å²) in [6, 6.07) is 22.3. The summed E-state index contributed by atoms with van der Waals surface area (Å²) in [5.74, 6) is 0.636. The SMILES string of the molecule is CCS(=O)(=O)Nc1nnc(-c2cc([C@@H](O)c3ccc(Cl)cc3S(C)(=O)=O)n(C)n2)n1-c1c(OC)cccc1OC.CCS(=O)(=O)Nc1nnc(-c2cc([C@H](C)c3ccc(Cl)cc3S(C)(=O)=O)n(C)n2)n1-c1c(OC)cccc1OC. The predicted molar refractivity (Wildman–Crippen MR) is 300 cm³/mol. The number of hydrogen-bond donors (Lipinski definition) is 3. The van der Waals surface area contributed by atoms with Crippen LogP contribution in [-0.2, 0) is 53.8 Å². The van der Waals surface area contributed by atoms with Crippen molar-refractivity contribution in [3.63, 3.8) is 0 Å². The molecule has 4 aromatic carbocycles. The number of anilines is 2. The second kappa shape index (κ2) is 23.8. The fraction of sp³-hybridized carbons (Fsp3) is 0.306. The van der Waals surface area contributed by atoms with Crippen molar-refractivity contribution >= 4 is 74.8 Å². The molecule has 8 aromatic rings. The molecule has 25 nitrogen and oxygen atoms in total. The van der Waals surface area contributed by atoms with Crippen molar-refractivity contribution in [3.05, 3.63) is 117 Å². The Kier molecular flexibility index (Phi) is 18.0.